The van der Waals surface area contributed by atoms with Gasteiger partial charge in [0.2, 0.25) is 5.91 Å². The van der Waals surface area contributed by atoms with Crippen LogP contribution in [0.5, 0.6) is 5.75 Å². The molecule has 2 saturated carbocycles. The molecule has 1 aromatic carbocycles. The van der Waals surface area contributed by atoms with Crippen molar-refractivity contribution in [3.05, 3.63) is 29.8 Å². The number of methoxy groups -OCH3 is 1. The van der Waals surface area contributed by atoms with E-state index in [0.717, 1.165) is 30.8 Å². The second kappa shape index (κ2) is 8.16. The van der Waals surface area contributed by atoms with Gasteiger partial charge in [-0.05, 0) is 61.8 Å². The summed E-state index contributed by atoms with van der Waals surface area (Å²) in [5.41, 5.74) is 1.34. The molecule has 1 aliphatic heterocycles. The molecule has 5 nitrogen and oxygen atoms in total. The van der Waals surface area contributed by atoms with Gasteiger partial charge in [-0.3, -0.25) is 4.79 Å². The van der Waals surface area contributed by atoms with Crippen molar-refractivity contribution in [2.45, 2.75) is 71.6 Å². The molecule has 2 aliphatic carbocycles. The summed E-state index contributed by atoms with van der Waals surface area (Å²) in [6.45, 7) is 9.99. The first-order valence-corrected chi connectivity index (χ1v) is 11.4. The lowest BCUT2D eigenvalue weighted by atomic mass is 9.58. The van der Waals surface area contributed by atoms with Crippen molar-refractivity contribution in [2.24, 2.45) is 22.7 Å². The van der Waals surface area contributed by atoms with Gasteiger partial charge in [0.15, 0.2) is 0 Å². The van der Waals surface area contributed by atoms with Gasteiger partial charge in [-0.1, -0.05) is 32.0 Å². The third kappa shape index (κ3) is 3.54. The molecule has 0 radical (unpaired) electrons. The number of carbonyl (C=O) groups excluding carboxylic acids is 1. The van der Waals surface area contributed by atoms with Crippen LogP contribution in [0.4, 0.5) is 0 Å². The first-order valence-electron chi connectivity index (χ1n) is 11.4. The molecule has 0 unspecified atom stereocenters. The van der Waals surface area contributed by atoms with Crippen LogP contribution in [0.3, 0.4) is 0 Å². The molecule has 2 bridgehead atoms. The quantitative estimate of drug-likeness (QED) is 0.712. The van der Waals surface area contributed by atoms with E-state index in [-0.39, 0.29) is 35.0 Å². The van der Waals surface area contributed by atoms with E-state index in [4.69, 9.17) is 14.2 Å². The Balaban J connectivity index is 1.64. The summed E-state index contributed by atoms with van der Waals surface area (Å²) in [5.74, 6) is 2.02. The number of amides is 1. The van der Waals surface area contributed by atoms with Crippen molar-refractivity contribution in [1.29, 1.82) is 0 Å². The predicted octanol–water partition coefficient (Wildman–Crippen LogP) is 4.51. The molecule has 5 atom stereocenters. The van der Waals surface area contributed by atoms with Crippen LogP contribution in [-0.4, -0.2) is 38.4 Å². The number of nitrogens with one attached hydrogen (secondary N) is 1. The molecule has 166 valence electrons. The maximum atomic E-state index is 12.7. The zero-order chi connectivity index (χ0) is 21.5. The summed E-state index contributed by atoms with van der Waals surface area (Å²) in [6, 6.07) is 8.49. The molecule has 1 aromatic rings. The molecule has 30 heavy (non-hydrogen) atoms. The lowest BCUT2D eigenvalue weighted by molar-refractivity contribution is -0.138. The molecule has 1 spiro atoms. The van der Waals surface area contributed by atoms with Gasteiger partial charge in [-0.15, -0.1) is 0 Å². The van der Waals surface area contributed by atoms with Gasteiger partial charge in [-0.2, -0.15) is 0 Å². The van der Waals surface area contributed by atoms with Crippen molar-refractivity contribution in [3.63, 3.8) is 0 Å². The third-order valence-corrected chi connectivity index (χ3v) is 7.93. The first kappa shape index (κ1) is 21.6. The van der Waals surface area contributed by atoms with Crippen molar-refractivity contribution < 1.29 is 19.0 Å². The summed E-state index contributed by atoms with van der Waals surface area (Å²) >= 11 is 0. The lowest BCUT2D eigenvalue weighted by Gasteiger charge is -2.53. The highest BCUT2D eigenvalue weighted by atomic mass is 16.5. The summed E-state index contributed by atoms with van der Waals surface area (Å²) < 4.78 is 17.7. The van der Waals surface area contributed by atoms with Crippen molar-refractivity contribution in [1.82, 2.24) is 5.32 Å². The van der Waals surface area contributed by atoms with E-state index in [1.54, 1.807) is 7.11 Å². The van der Waals surface area contributed by atoms with Crippen LogP contribution in [-0.2, 0) is 14.3 Å². The second-order valence-corrected chi connectivity index (χ2v) is 10.3. The Morgan fingerprint density at radius 2 is 2.07 bits per heavy atom. The smallest absolute Gasteiger partial charge is 0.222 e. The van der Waals surface area contributed by atoms with Crippen molar-refractivity contribution in [3.8, 4) is 5.75 Å². The third-order valence-electron chi connectivity index (χ3n) is 7.93. The van der Waals surface area contributed by atoms with E-state index < -0.39 is 0 Å². The number of hydrogen-bond acceptors (Lipinski definition) is 4. The summed E-state index contributed by atoms with van der Waals surface area (Å²) in [7, 11) is 1.64. The fourth-order valence-electron chi connectivity index (χ4n) is 6.60. The van der Waals surface area contributed by atoms with E-state index in [1.165, 1.54) is 6.42 Å². The highest BCUT2D eigenvalue weighted by molar-refractivity contribution is 5.76. The monoisotopic (exact) mass is 415 g/mol. The van der Waals surface area contributed by atoms with Crippen LogP contribution in [0.25, 0.3) is 0 Å². The van der Waals surface area contributed by atoms with E-state index in [0.29, 0.717) is 24.9 Å². The van der Waals surface area contributed by atoms with Crippen LogP contribution in [0.15, 0.2) is 24.3 Å². The molecule has 1 amide bonds. The highest BCUT2D eigenvalue weighted by Crippen LogP contribution is 2.70. The molecule has 3 fully saturated rings. The Morgan fingerprint density at radius 1 is 1.30 bits per heavy atom. The number of benzene rings is 1. The minimum absolute atomic E-state index is 0.0215. The number of hydrogen-bond donors (Lipinski definition) is 1. The average Bonchev–Trinajstić information content (AvgIpc) is 3.19. The highest BCUT2D eigenvalue weighted by Gasteiger charge is 2.68. The Morgan fingerprint density at radius 3 is 2.80 bits per heavy atom. The largest absolute Gasteiger partial charge is 0.491 e. The van der Waals surface area contributed by atoms with Crippen LogP contribution >= 0.6 is 0 Å². The Hall–Kier alpha value is -1.59. The van der Waals surface area contributed by atoms with E-state index >= 15 is 0 Å². The fourth-order valence-corrected chi connectivity index (χ4v) is 6.60. The van der Waals surface area contributed by atoms with Gasteiger partial charge in [0, 0.05) is 31.7 Å². The van der Waals surface area contributed by atoms with Crippen LogP contribution in [0.1, 0.15) is 65.0 Å². The van der Waals surface area contributed by atoms with Gasteiger partial charge in [0.25, 0.3) is 0 Å². The van der Waals surface area contributed by atoms with E-state index in [1.807, 2.05) is 6.07 Å². The molecule has 1 N–H and O–H groups in total. The maximum absolute atomic E-state index is 12.7. The average molecular weight is 416 g/mol. The first-order chi connectivity index (χ1) is 14.3. The van der Waals surface area contributed by atoms with E-state index in [9.17, 15) is 4.79 Å². The van der Waals surface area contributed by atoms with Gasteiger partial charge < -0.3 is 19.5 Å². The lowest BCUT2D eigenvalue weighted by Crippen LogP contribution is -2.59. The Labute approximate surface area is 180 Å². The molecule has 1 saturated heterocycles. The Kier molecular flexibility index (Phi) is 5.88. The van der Waals surface area contributed by atoms with Gasteiger partial charge in [-0.25, -0.2) is 0 Å². The van der Waals surface area contributed by atoms with Crippen LogP contribution in [0, 0.1) is 22.7 Å². The molecular formula is C25H37NO4. The topological polar surface area (TPSA) is 56.8 Å². The zero-order valence-corrected chi connectivity index (χ0v) is 19.1. The van der Waals surface area contributed by atoms with Gasteiger partial charge >= 0.3 is 0 Å². The van der Waals surface area contributed by atoms with Crippen LogP contribution in [0.2, 0.25) is 0 Å². The molecule has 5 heteroatoms. The molecule has 1 heterocycles. The second-order valence-electron chi connectivity index (χ2n) is 10.3. The molecule has 3 aliphatic rings. The molecule has 0 aromatic heterocycles. The summed E-state index contributed by atoms with van der Waals surface area (Å²) in [4.78, 5) is 12.7. The standard InChI is InChI=1S/C25H37NO4/c1-16(2)30-20-9-7-6-8-18(20)22-19-14-17-15-25(19,11-13-29-22)23(24(17,3)4)26-21(27)10-12-28-5/h6-9,16-17,19,22-23H,10-15H2,1-5H3,(H,26,27)/t17-,19-,22-,23-,25-/m1/s1. The number of para-hydroxylation sites is 1. The Bertz CT molecular complexity index is 776. The van der Waals surface area contributed by atoms with Gasteiger partial charge in [0.1, 0.15) is 5.75 Å². The minimum atomic E-state index is 0.0215. The van der Waals surface area contributed by atoms with Crippen molar-refractivity contribution in [2.75, 3.05) is 20.3 Å². The van der Waals surface area contributed by atoms with Crippen LogP contribution < -0.4 is 10.1 Å². The maximum Gasteiger partial charge on any atom is 0.222 e. The minimum Gasteiger partial charge on any atom is -0.491 e. The number of fused-ring (bicyclic) bond motifs is 1. The number of rotatable bonds is 7. The van der Waals surface area contributed by atoms with E-state index in [2.05, 4.69) is 51.2 Å². The summed E-state index contributed by atoms with van der Waals surface area (Å²) in [5, 5.41) is 3.44. The molecule has 4 rings (SSSR count). The molecular weight excluding hydrogens is 378 g/mol. The normalized spacial score (nSPS) is 34.1. The number of carbonyl (C=O) groups is 1. The predicted molar refractivity (Wildman–Crippen MR) is 116 cm³/mol. The summed E-state index contributed by atoms with van der Waals surface area (Å²) in [6.07, 6.45) is 3.89. The number of ether oxygens (including phenoxy) is 3. The zero-order valence-electron chi connectivity index (χ0n) is 19.1. The fraction of sp³-hybridized carbons (Fsp3) is 0.720. The van der Waals surface area contributed by atoms with Gasteiger partial charge in [0.05, 0.1) is 18.8 Å². The van der Waals surface area contributed by atoms with Crippen molar-refractivity contribution >= 4 is 5.91 Å². The SMILES string of the molecule is COCCC(=O)N[C@@H]1C(C)(C)[C@@H]2C[C@@H]3[C@@H](c4ccccc4OC(C)C)OCC[C@@]31C2.